The number of hydrogen-bond acceptors (Lipinski definition) is 4. The molecule has 98 valence electrons. The van der Waals surface area contributed by atoms with Crippen LogP contribution in [0.2, 0.25) is 0 Å². The molecule has 1 saturated heterocycles. The van der Waals surface area contributed by atoms with E-state index in [0.29, 0.717) is 11.6 Å². The number of oxime groups is 1. The van der Waals surface area contributed by atoms with Gasteiger partial charge >= 0.3 is 0 Å². The summed E-state index contributed by atoms with van der Waals surface area (Å²) in [6, 6.07) is 6.03. The zero-order valence-corrected chi connectivity index (χ0v) is 11.7. The molecule has 5 nitrogen and oxygen atoms in total. The van der Waals surface area contributed by atoms with Crippen molar-refractivity contribution in [2.45, 2.75) is 12.5 Å². The number of nitrogens with two attached hydrogens (primary N) is 1. The van der Waals surface area contributed by atoms with E-state index in [1.807, 2.05) is 25.2 Å². The molecule has 3 N–H and O–H groups in total. The van der Waals surface area contributed by atoms with Gasteiger partial charge < -0.3 is 20.6 Å². The molecule has 0 aromatic heterocycles. The molecule has 2 rings (SSSR count). The zero-order valence-electron chi connectivity index (χ0n) is 10.1. The lowest BCUT2D eigenvalue weighted by Crippen LogP contribution is -2.32. The van der Waals surface area contributed by atoms with Crippen molar-refractivity contribution in [1.29, 1.82) is 0 Å². The van der Waals surface area contributed by atoms with Crippen molar-refractivity contribution >= 4 is 27.5 Å². The molecule has 0 saturated carbocycles. The van der Waals surface area contributed by atoms with E-state index in [0.717, 1.165) is 29.8 Å². The predicted molar refractivity (Wildman–Crippen MR) is 74.3 cm³/mol. The SMILES string of the molecule is CN(c1ccc(/C(N)=N/O)cc1Br)C1CCOC1. The summed E-state index contributed by atoms with van der Waals surface area (Å²) in [6.45, 7) is 1.57. The van der Waals surface area contributed by atoms with Gasteiger partial charge in [0.1, 0.15) is 0 Å². The highest BCUT2D eigenvalue weighted by Gasteiger charge is 2.22. The van der Waals surface area contributed by atoms with Gasteiger partial charge in [0.2, 0.25) is 0 Å². The molecule has 0 spiro atoms. The second-order valence-corrected chi connectivity index (χ2v) is 5.13. The number of nitrogens with zero attached hydrogens (tertiary/aromatic N) is 2. The molecule has 0 amide bonds. The van der Waals surface area contributed by atoms with E-state index >= 15 is 0 Å². The van der Waals surface area contributed by atoms with Crippen LogP contribution in [0.25, 0.3) is 0 Å². The average Bonchev–Trinajstić information content (AvgIpc) is 2.90. The lowest BCUT2D eigenvalue weighted by Gasteiger charge is -2.26. The van der Waals surface area contributed by atoms with Gasteiger partial charge in [0.25, 0.3) is 0 Å². The van der Waals surface area contributed by atoms with Gasteiger partial charge in [-0.15, -0.1) is 0 Å². The number of anilines is 1. The maximum atomic E-state index is 8.65. The topological polar surface area (TPSA) is 71.1 Å². The molecule has 1 aromatic carbocycles. The second kappa shape index (κ2) is 5.58. The molecule has 1 atom stereocenters. The molecule has 0 radical (unpaired) electrons. The van der Waals surface area contributed by atoms with E-state index in [9.17, 15) is 0 Å². The second-order valence-electron chi connectivity index (χ2n) is 4.28. The number of likely N-dealkylation sites (N-methyl/N-ethyl adjacent to an activating group) is 1. The first-order valence-corrected chi connectivity index (χ1v) is 6.51. The van der Waals surface area contributed by atoms with Crippen LogP contribution in [0.1, 0.15) is 12.0 Å². The number of rotatable bonds is 3. The standard InChI is InChI=1S/C12H16BrN3O2/c1-16(9-4-5-18-7-9)11-3-2-8(6-10(11)13)12(14)15-17/h2-3,6,9,17H,4-5,7H2,1H3,(H2,14,15). The fraction of sp³-hybridized carbons (Fsp3) is 0.417. The lowest BCUT2D eigenvalue weighted by molar-refractivity contribution is 0.193. The van der Waals surface area contributed by atoms with Crippen molar-refractivity contribution in [3.05, 3.63) is 28.2 Å². The van der Waals surface area contributed by atoms with Crippen molar-refractivity contribution in [2.75, 3.05) is 25.2 Å². The molecular weight excluding hydrogens is 298 g/mol. The molecule has 6 heteroatoms. The van der Waals surface area contributed by atoms with Crippen LogP contribution < -0.4 is 10.6 Å². The number of amidine groups is 1. The van der Waals surface area contributed by atoms with E-state index in [1.54, 1.807) is 0 Å². The summed E-state index contributed by atoms with van der Waals surface area (Å²) in [5.74, 6) is 0.106. The normalized spacial score (nSPS) is 20.1. The largest absolute Gasteiger partial charge is 0.409 e. The Bertz CT molecular complexity index is 459. The molecular formula is C12H16BrN3O2. The quantitative estimate of drug-likeness (QED) is 0.386. The first-order valence-electron chi connectivity index (χ1n) is 5.71. The Balaban J connectivity index is 2.23. The Labute approximate surface area is 114 Å². The minimum absolute atomic E-state index is 0.106. The molecule has 1 fully saturated rings. The summed E-state index contributed by atoms with van der Waals surface area (Å²) in [6.07, 6.45) is 1.03. The fourth-order valence-corrected chi connectivity index (χ4v) is 2.69. The minimum Gasteiger partial charge on any atom is -0.409 e. The summed E-state index contributed by atoms with van der Waals surface area (Å²) in [7, 11) is 2.04. The van der Waals surface area contributed by atoms with Gasteiger partial charge in [-0.05, 0) is 40.5 Å². The van der Waals surface area contributed by atoms with Crippen LogP contribution in [0.15, 0.2) is 27.8 Å². The Morgan fingerprint density at radius 2 is 2.39 bits per heavy atom. The number of ether oxygens (including phenoxy) is 1. The van der Waals surface area contributed by atoms with Crippen LogP contribution in [0.4, 0.5) is 5.69 Å². The van der Waals surface area contributed by atoms with E-state index in [-0.39, 0.29) is 5.84 Å². The highest BCUT2D eigenvalue weighted by atomic mass is 79.9. The third-order valence-electron chi connectivity index (χ3n) is 3.18. The zero-order chi connectivity index (χ0) is 13.1. The van der Waals surface area contributed by atoms with Crippen molar-refractivity contribution in [3.63, 3.8) is 0 Å². The summed E-state index contributed by atoms with van der Waals surface area (Å²) in [4.78, 5) is 2.19. The highest BCUT2D eigenvalue weighted by Crippen LogP contribution is 2.29. The molecule has 1 heterocycles. The summed E-state index contributed by atoms with van der Waals surface area (Å²) in [5.41, 5.74) is 7.31. The maximum absolute atomic E-state index is 8.65. The van der Waals surface area contributed by atoms with Crippen molar-refractivity contribution in [3.8, 4) is 0 Å². The van der Waals surface area contributed by atoms with Gasteiger partial charge in [-0.25, -0.2) is 0 Å². The predicted octanol–water partition coefficient (Wildman–Crippen LogP) is 1.77. The lowest BCUT2D eigenvalue weighted by atomic mass is 10.1. The van der Waals surface area contributed by atoms with Crippen LogP contribution in [-0.4, -0.2) is 37.3 Å². The van der Waals surface area contributed by atoms with E-state index in [2.05, 4.69) is 26.0 Å². The smallest absolute Gasteiger partial charge is 0.170 e. The average molecular weight is 314 g/mol. The third-order valence-corrected chi connectivity index (χ3v) is 3.82. The molecule has 0 aliphatic carbocycles. The van der Waals surface area contributed by atoms with Crippen molar-refractivity contribution < 1.29 is 9.94 Å². The summed E-state index contributed by atoms with van der Waals surface area (Å²) >= 11 is 3.52. The van der Waals surface area contributed by atoms with Crippen LogP contribution in [-0.2, 0) is 4.74 Å². The number of benzene rings is 1. The summed E-state index contributed by atoms with van der Waals surface area (Å²) < 4.78 is 6.31. The number of hydrogen-bond donors (Lipinski definition) is 2. The van der Waals surface area contributed by atoms with Gasteiger partial charge in [0.05, 0.1) is 18.3 Å². The van der Waals surface area contributed by atoms with Crippen molar-refractivity contribution in [1.82, 2.24) is 0 Å². The van der Waals surface area contributed by atoms with Gasteiger partial charge in [-0.3, -0.25) is 0 Å². The minimum atomic E-state index is 0.106. The van der Waals surface area contributed by atoms with E-state index < -0.39 is 0 Å². The molecule has 1 aliphatic heterocycles. The summed E-state index contributed by atoms with van der Waals surface area (Å²) in [5, 5.41) is 11.6. The monoisotopic (exact) mass is 313 g/mol. The Hall–Kier alpha value is -1.27. The number of halogens is 1. The molecule has 1 unspecified atom stereocenters. The first kappa shape index (κ1) is 13.2. The van der Waals surface area contributed by atoms with Crippen LogP contribution in [0, 0.1) is 0 Å². The van der Waals surface area contributed by atoms with Crippen LogP contribution in [0.5, 0.6) is 0 Å². The van der Waals surface area contributed by atoms with Gasteiger partial charge in [-0.2, -0.15) is 0 Å². The van der Waals surface area contributed by atoms with E-state index in [4.69, 9.17) is 15.7 Å². The van der Waals surface area contributed by atoms with Crippen LogP contribution >= 0.6 is 15.9 Å². The Morgan fingerprint density at radius 3 is 2.94 bits per heavy atom. The fourth-order valence-electron chi connectivity index (χ4n) is 2.03. The first-order chi connectivity index (χ1) is 8.63. The van der Waals surface area contributed by atoms with E-state index in [1.165, 1.54) is 0 Å². The van der Waals surface area contributed by atoms with Gasteiger partial charge in [0.15, 0.2) is 5.84 Å². The molecule has 18 heavy (non-hydrogen) atoms. The van der Waals surface area contributed by atoms with Gasteiger partial charge in [-0.1, -0.05) is 5.16 Å². The Kier molecular flexibility index (Phi) is 4.08. The van der Waals surface area contributed by atoms with Gasteiger partial charge in [0, 0.05) is 23.7 Å². The third kappa shape index (κ3) is 2.59. The maximum Gasteiger partial charge on any atom is 0.170 e. The highest BCUT2D eigenvalue weighted by molar-refractivity contribution is 9.10. The molecule has 1 aliphatic rings. The van der Waals surface area contributed by atoms with Crippen molar-refractivity contribution in [2.24, 2.45) is 10.9 Å². The van der Waals surface area contributed by atoms with Crippen LogP contribution in [0.3, 0.4) is 0 Å². The molecule has 1 aromatic rings. The molecule has 0 bridgehead atoms. The Morgan fingerprint density at radius 1 is 1.61 bits per heavy atom.